The van der Waals surface area contributed by atoms with Crippen molar-refractivity contribution >= 4 is 9.84 Å². The first-order chi connectivity index (χ1) is 8.31. The van der Waals surface area contributed by atoms with Gasteiger partial charge in [-0.25, -0.2) is 12.8 Å². The minimum atomic E-state index is -3.67. The second-order valence-electron chi connectivity index (χ2n) is 3.87. The van der Waals surface area contributed by atoms with Crippen LogP contribution < -0.4 is 10.1 Å². The van der Waals surface area contributed by atoms with Crippen LogP contribution in [0.15, 0.2) is 17.0 Å². The average Bonchev–Trinajstić information content (AvgIpc) is 2.27. The number of hydrogen-bond donors (Lipinski definition) is 2. The van der Waals surface area contributed by atoms with Crippen molar-refractivity contribution in [3.05, 3.63) is 23.5 Å². The van der Waals surface area contributed by atoms with E-state index >= 15 is 0 Å². The molecule has 0 aromatic heterocycles. The highest BCUT2D eigenvalue weighted by molar-refractivity contribution is 7.90. The van der Waals surface area contributed by atoms with Gasteiger partial charge in [0.25, 0.3) is 0 Å². The Labute approximate surface area is 106 Å². The molecule has 0 spiro atoms. The van der Waals surface area contributed by atoms with Crippen LogP contribution in [0, 0.1) is 5.82 Å². The van der Waals surface area contributed by atoms with Gasteiger partial charge in [0, 0.05) is 24.4 Å². The summed E-state index contributed by atoms with van der Waals surface area (Å²) in [5.74, 6) is -0.761. The quantitative estimate of drug-likeness (QED) is 0.819. The number of sulfone groups is 1. The highest BCUT2D eigenvalue weighted by Gasteiger charge is 2.21. The lowest BCUT2D eigenvalue weighted by molar-refractivity contribution is 0.172. The van der Waals surface area contributed by atoms with Crippen molar-refractivity contribution in [3.63, 3.8) is 0 Å². The van der Waals surface area contributed by atoms with E-state index in [0.29, 0.717) is 0 Å². The molecule has 0 aliphatic carbocycles. The summed E-state index contributed by atoms with van der Waals surface area (Å²) in [6.45, 7) is 0.202. The fourth-order valence-electron chi connectivity index (χ4n) is 1.57. The predicted molar refractivity (Wildman–Crippen MR) is 64.9 cm³/mol. The standard InChI is InChI=1S/C11H16FNO4S/c1-13-6-9(14)7-4-8(12)11(18(3,15)16)5-10(7)17-2/h4-5,9,13-14H,6H2,1-3H3. The van der Waals surface area contributed by atoms with Gasteiger partial charge in [0.05, 0.1) is 13.2 Å². The Morgan fingerprint density at radius 3 is 2.56 bits per heavy atom. The van der Waals surface area contributed by atoms with Gasteiger partial charge < -0.3 is 15.2 Å². The maximum absolute atomic E-state index is 13.7. The first-order valence-electron chi connectivity index (χ1n) is 5.21. The Kier molecular flexibility index (Phi) is 4.66. The van der Waals surface area contributed by atoms with Crippen LogP contribution >= 0.6 is 0 Å². The molecule has 0 radical (unpaired) electrons. The van der Waals surface area contributed by atoms with Gasteiger partial charge in [-0.1, -0.05) is 0 Å². The monoisotopic (exact) mass is 277 g/mol. The van der Waals surface area contributed by atoms with Crippen molar-refractivity contribution in [2.75, 3.05) is 27.0 Å². The average molecular weight is 277 g/mol. The Hall–Kier alpha value is -1.18. The maximum atomic E-state index is 13.7. The molecule has 0 bridgehead atoms. The van der Waals surface area contributed by atoms with Gasteiger partial charge in [0.15, 0.2) is 9.84 Å². The molecule has 7 heteroatoms. The Morgan fingerprint density at radius 2 is 2.11 bits per heavy atom. The third-order valence-electron chi connectivity index (χ3n) is 2.44. The normalized spacial score (nSPS) is 13.4. The molecule has 1 aromatic rings. The minimum Gasteiger partial charge on any atom is -0.496 e. The minimum absolute atomic E-state index is 0.138. The zero-order valence-electron chi connectivity index (χ0n) is 10.4. The Morgan fingerprint density at radius 1 is 1.50 bits per heavy atom. The number of likely N-dealkylation sites (N-methyl/N-ethyl adjacent to an activating group) is 1. The topological polar surface area (TPSA) is 75.6 Å². The summed E-state index contributed by atoms with van der Waals surface area (Å²) < 4.78 is 41.4. The van der Waals surface area contributed by atoms with Gasteiger partial charge in [0.2, 0.25) is 0 Å². The van der Waals surface area contributed by atoms with Crippen molar-refractivity contribution in [2.24, 2.45) is 0 Å². The van der Waals surface area contributed by atoms with E-state index in [0.717, 1.165) is 18.4 Å². The van der Waals surface area contributed by atoms with Crippen molar-refractivity contribution < 1.29 is 22.7 Å². The van der Waals surface area contributed by atoms with Gasteiger partial charge in [-0.15, -0.1) is 0 Å². The van der Waals surface area contributed by atoms with E-state index in [4.69, 9.17) is 4.74 Å². The fraction of sp³-hybridized carbons (Fsp3) is 0.455. The molecule has 0 saturated carbocycles. The van der Waals surface area contributed by atoms with Crippen LogP contribution in [0.4, 0.5) is 4.39 Å². The molecule has 2 N–H and O–H groups in total. The molecule has 1 atom stereocenters. The SMILES string of the molecule is CNCC(O)c1cc(F)c(S(C)(=O)=O)cc1OC. The third kappa shape index (κ3) is 3.18. The Bertz CT molecular complexity index is 530. The molecule has 0 saturated heterocycles. The molecule has 1 aromatic carbocycles. The van der Waals surface area contributed by atoms with E-state index in [1.165, 1.54) is 7.11 Å². The maximum Gasteiger partial charge on any atom is 0.178 e. The molecular weight excluding hydrogens is 261 g/mol. The smallest absolute Gasteiger partial charge is 0.178 e. The predicted octanol–water partition coefficient (Wildman–Crippen LogP) is 0.491. The number of aliphatic hydroxyl groups excluding tert-OH is 1. The van der Waals surface area contributed by atoms with E-state index in [-0.39, 0.29) is 17.9 Å². The van der Waals surface area contributed by atoms with Crippen LogP contribution in [0.5, 0.6) is 5.75 Å². The second kappa shape index (κ2) is 5.64. The van der Waals surface area contributed by atoms with Gasteiger partial charge in [-0.2, -0.15) is 0 Å². The van der Waals surface area contributed by atoms with E-state index < -0.39 is 26.7 Å². The molecule has 5 nitrogen and oxygen atoms in total. The number of hydrogen-bond acceptors (Lipinski definition) is 5. The summed E-state index contributed by atoms with van der Waals surface area (Å²) in [5.41, 5.74) is 0.205. The van der Waals surface area contributed by atoms with Crippen molar-refractivity contribution in [1.29, 1.82) is 0 Å². The summed E-state index contributed by atoms with van der Waals surface area (Å²) in [7, 11) is -0.709. The highest BCUT2D eigenvalue weighted by atomic mass is 32.2. The van der Waals surface area contributed by atoms with Crippen molar-refractivity contribution in [2.45, 2.75) is 11.0 Å². The Balaban J connectivity index is 3.36. The summed E-state index contributed by atoms with van der Waals surface area (Å²) in [6.07, 6.45) is -0.0674. The number of benzene rings is 1. The third-order valence-corrected chi connectivity index (χ3v) is 3.55. The molecular formula is C11H16FNO4S. The fourth-order valence-corrected chi connectivity index (χ4v) is 2.31. The van der Waals surface area contributed by atoms with Crippen LogP contribution in [-0.2, 0) is 9.84 Å². The number of halogens is 1. The van der Waals surface area contributed by atoms with Gasteiger partial charge in [0.1, 0.15) is 16.5 Å². The molecule has 0 heterocycles. The van der Waals surface area contributed by atoms with Gasteiger partial charge in [-0.3, -0.25) is 0 Å². The van der Waals surface area contributed by atoms with Crippen LogP contribution in [0.3, 0.4) is 0 Å². The van der Waals surface area contributed by atoms with E-state index in [9.17, 15) is 17.9 Å². The van der Waals surface area contributed by atoms with Crippen molar-refractivity contribution in [1.82, 2.24) is 5.32 Å². The summed E-state index contributed by atoms with van der Waals surface area (Å²) in [6, 6.07) is 2.07. The summed E-state index contributed by atoms with van der Waals surface area (Å²) in [4.78, 5) is -0.445. The first-order valence-corrected chi connectivity index (χ1v) is 7.10. The molecule has 102 valence electrons. The second-order valence-corrected chi connectivity index (χ2v) is 5.85. The lowest BCUT2D eigenvalue weighted by Crippen LogP contribution is -2.18. The van der Waals surface area contributed by atoms with E-state index in [1.807, 2.05) is 0 Å². The zero-order chi connectivity index (χ0) is 13.9. The molecule has 0 aliphatic heterocycles. The van der Waals surface area contributed by atoms with Crippen LogP contribution in [0.2, 0.25) is 0 Å². The number of nitrogens with one attached hydrogen (secondary N) is 1. The lowest BCUT2D eigenvalue weighted by Gasteiger charge is -2.16. The summed E-state index contributed by atoms with van der Waals surface area (Å²) in [5, 5.41) is 12.5. The summed E-state index contributed by atoms with van der Waals surface area (Å²) >= 11 is 0. The molecule has 0 aliphatic rings. The van der Waals surface area contributed by atoms with Crippen LogP contribution in [0.25, 0.3) is 0 Å². The largest absolute Gasteiger partial charge is 0.496 e. The number of aliphatic hydroxyl groups is 1. The molecule has 0 fully saturated rings. The zero-order valence-corrected chi connectivity index (χ0v) is 11.2. The number of ether oxygens (including phenoxy) is 1. The lowest BCUT2D eigenvalue weighted by atomic mass is 10.1. The molecule has 18 heavy (non-hydrogen) atoms. The van der Waals surface area contributed by atoms with Gasteiger partial charge in [-0.05, 0) is 13.1 Å². The molecule has 1 rings (SSSR count). The molecule has 1 unspecified atom stereocenters. The van der Waals surface area contributed by atoms with Crippen LogP contribution in [0.1, 0.15) is 11.7 Å². The van der Waals surface area contributed by atoms with E-state index in [2.05, 4.69) is 5.32 Å². The number of methoxy groups -OCH3 is 1. The first kappa shape index (κ1) is 14.9. The molecule has 0 amide bonds. The highest BCUT2D eigenvalue weighted by Crippen LogP contribution is 2.30. The van der Waals surface area contributed by atoms with Gasteiger partial charge >= 0.3 is 0 Å². The number of rotatable bonds is 5. The van der Waals surface area contributed by atoms with Crippen molar-refractivity contribution in [3.8, 4) is 5.75 Å². The van der Waals surface area contributed by atoms with Crippen LogP contribution in [-0.4, -0.2) is 40.5 Å². The van der Waals surface area contributed by atoms with E-state index in [1.54, 1.807) is 7.05 Å².